The standard InChI is InChI=1S/C68H46N2/c1-3-14-47(15-4-1)49-26-28-50(29-27-49)51-30-37-58(38-31-51)69(59-39-32-53(33-40-59)62-24-13-21-52-18-9-10-22-61(52)62)60-41-34-54(35-42-60)63-43-36-57(48-16-5-2-6-17-48)46-67(63)70-66-25-12-11-23-64(66)65-44-55-19-7-8-20-56(55)45-68(65)70/h1-46H. The van der Waals surface area contributed by atoms with E-state index in [1.807, 2.05) is 0 Å². The van der Waals surface area contributed by atoms with Crippen LogP contribution in [0.3, 0.4) is 0 Å². The van der Waals surface area contributed by atoms with E-state index in [1.165, 1.54) is 87.9 Å². The summed E-state index contributed by atoms with van der Waals surface area (Å²) in [5, 5.41) is 7.45. The molecule has 2 nitrogen and oxygen atoms in total. The van der Waals surface area contributed by atoms with Crippen molar-refractivity contribution in [2.45, 2.75) is 0 Å². The van der Waals surface area contributed by atoms with Crippen LogP contribution in [0, 0.1) is 0 Å². The molecule has 0 fully saturated rings. The highest BCUT2D eigenvalue weighted by atomic mass is 15.1. The maximum atomic E-state index is 2.48. The molecule has 13 rings (SSSR count). The Morgan fingerprint density at radius 1 is 0.229 bits per heavy atom. The van der Waals surface area contributed by atoms with E-state index in [0.29, 0.717) is 0 Å². The zero-order chi connectivity index (χ0) is 46.4. The van der Waals surface area contributed by atoms with Gasteiger partial charge in [0.1, 0.15) is 0 Å². The van der Waals surface area contributed by atoms with Crippen LogP contribution in [0.2, 0.25) is 0 Å². The molecule has 2 heteroatoms. The Labute approximate surface area is 408 Å². The predicted molar refractivity (Wildman–Crippen MR) is 298 cm³/mol. The Morgan fingerprint density at radius 2 is 0.657 bits per heavy atom. The third-order valence-electron chi connectivity index (χ3n) is 14.0. The first-order chi connectivity index (χ1) is 34.7. The maximum absolute atomic E-state index is 2.48. The van der Waals surface area contributed by atoms with Crippen LogP contribution in [-0.4, -0.2) is 4.57 Å². The average molecular weight is 891 g/mol. The van der Waals surface area contributed by atoms with Gasteiger partial charge in [-0.3, -0.25) is 0 Å². The number of anilines is 3. The summed E-state index contributed by atoms with van der Waals surface area (Å²) in [6.45, 7) is 0. The first kappa shape index (κ1) is 41.0. The van der Waals surface area contributed by atoms with Crippen molar-refractivity contribution in [3.63, 3.8) is 0 Å². The lowest BCUT2D eigenvalue weighted by atomic mass is 9.97. The lowest BCUT2D eigenvalue weighted by Gasteiger charge is -2.26. The molecule has 0 unspecified atom stereocenters. The van der Waals surface area contributed by atoms with Gasteiger partial charge in [0.25, 0.3) is 0 Å². The quantitative estimate of drug-likeness (QED) is 0.140. The van der Waals surface area contributed by atoms with Crippen LogP contribution in [0.1, 0.15) is 0 Å². The van der Waals surface area contributed by atoms with Gasteiger partial charge in [-0.2, -0.15) is 0 Å². The Morgan fingerprint density at radius 3 is 1.27 bits per heavy atom. The third-order valence-corrected chi connectivity index (χ3v) is 14.0. The highest BCUT2D eigenvalue weighted by molar-refractivity contribution is 6.14. The van der Waals surface area contributed by atoms with Gasteiger partial charge in [-0.1, -0.05) is 218 Å². The first-order valence-corrected chi connectivity index (χ1v) is 24.1. The van der Waals surface area contributed by atoms with Gasteiger partial charge >= 0.3 is 0 Å². The zero-order valence-electron chi connectivity index (χ0n) is 38.5. The number of para-hydroxylation sites is 1. The summed E-state index contributed by atoms with van der Waals surface area (Å²) in [7, 11) is 0. The molecule has 328 valence electrons. The van der Waals surface area contributed by atoms with Crippen LogP contribution in [-0.2, 0) is 0 Å². The van der Waals surface area contributed by atoms with Crippen LogP contribution in [0.15, 0.2) is 279 Å². The summed E-state index contributed by atoms with van der Waals surface area (Å²) >= 11 is 0. The number of rotatable bonds is 9. The molecule has 0 amide bonds. The van der Waals surface area contributed by atoms with Crippen molar-refractivity contribution in [3.05, 3.63) is 279 Å². The third kappa shape index (κ3) is 7.40. The molecular weight excluding hydrogens is 845 g/mol. The van der Waals surface area contributed by atoms with Crippen molar-refractivity contribution < 1.29 is 0 Å². The summed E-state index contributed by atoms with van der Waals surface area (Å²) in [6, 6.07) is 102. The van der Waals surface area contributed by atoms with Crippen molar-refractivity contribution in [2.75, 3.05) is 4.90 Å². The number of nitrogens with zero attached hydrogens (tertiary/aromatic N) is 2. The molecule has 0 saturated carbocycles. The minimum absolute atomic E-state index is 1.08. The molecule has 1 aromatic heterocycles. The van der Waals surface area contributed by atoms with Gasteiger partial charge in [0, 0.05) is 33.4 Å². The van der Waals surface area contributed by atoms with Crippen molar-refractivity contribution in [2.24, 2.45) is 0 Å². The minimum atomic E-state index is 1.08. The molecule has 0 N–H and O–H groups in total. The SMILES string of the molecule is c1ccc(-c2ccc(-c3ccc(N(c4ccc(-c5ccc(-c6ccccc6)cc5-n5c6ccccc6c6cc7ccccc7cc65)cc4)c4ccc(-c5cccc6ccccc56)cc4)cc3)cc2)cc1. The topological polar surface area (TPSA) is 8.17 Å². The molecule has 0 aliphatic heterocycles. The Balaban J connectivity index is 0.926. The molecule has 0 atom stereocenters. The Hall–Kier alpha value is -9.24. The van der Waals surface area contributed by atoms with Gasteiger partial charge in [0.05, 0.1) is 16.7 Å². The first-order valence-electron chi connectivity index (χ1n) is 24.1. The van der Waals surface area contributed by atoms with E-state index in [2.05, 4.69) is 289 Å². The number of fused-ring (bicyclic) bond motifs is 5. The molecule has 70 heavy (non-hydrogen) atoms. The van der Waals surface area contributed by atoms with E-state index < -0.39 is 0 Å². The molecule has 0 radical (unpaired) electrons. The van der Waals surface area contributed by atoms with Crippen LogP contribution < -0.4 is 4.90 Å². The van der Waals surface area contributed by atoms with E-state index in [-0.39, 0.29) is 0 Å². The summed E-state index contributed by atoms with van der Waals surface area (Å²) in [5.74, 6) is 0. The number of aromatic nitrogens is 1. The van der Waals surface area contributed by atoms with E-state index >= 15 is 0 Å². The van der Waals surface area contributed by atoms with Gasteiger partial charge in [-0.25, -0.2) is 0 Å². The van der Waals surface area contributed by atoms with Gasteiger partial charge in [-0.05, 0) is 132 Å². The summed E-state index contributed by atoms with van der Waals surface area (Å²) in [6.07, 6.45) is 0. The van der Waals surface area contributed by atoms with E-state index in [4.69, 9.17) is 0 Å². The zero-order valence-corrected chi connectivity index (χ0v) is 38.5. The lowest BCUT2D eigenvalue weighted by Crippen LogP contribution is -2.10. The predicted octanol–water partition coefficient (Wildman–Crippen LogP) is 18.9. The number of hydrogen-bond acceptors (Lipinski definition) is 1. The fourth-order valence-electron chi connectivity index (χ4n) is 10.5. The fraction of sp³-hybridized carbons (Fsp3) is 0. The second-order valence-electron chi connectivity index (χ2n) is 18.1. The monoisotopic (exact) mass is 890 g/mol. The van der Waals surface area contributed by atoms with E-state index in [0.717, 1.165) is 33.9 Å². The Bertz CT molecular complexity index is 4000. The van der Waals surface area contributed by atoms with Crippen molar-refractivity contribution in [1.29, 1.82) is 0 Å². The van der Waals surface area contributed by atoms with Gasteiger partial charge in [-0.15, -0.1) is 0 Å². The fourth-order valence-corrected chi connectivity index (χ4v) is 10.5. The molecule has 1 heterocycles. The lowest BCUT2D eigenvalue weighted by molar-refractivity contribution is 1.18. The average Bonchev–Trinajstić information content (AvgIpc) is 3.76. The van der Waals surface area contributed by atoms with Crippen molar-refractivity contribution in [3.8, 4) is 61.3 Å². The largest absolute Gasteiger partial charge is 0.311 e. The smallest absolute Gasteiger partial charge is 0.0547 e. The van der Waals surface area contributed by atoms with Gasteiger partial charge < -0.3 is 9.47 Å². The molecule has 0 saturated heterocycles. The van der Waals surface area contributed by atoms with Crippen LogP contribution in [0.5, 0.6) is 0 Å². The number of hydrogen-bond donors (Lipinski definition) is 0. The molecule has 12 aromatic carbocycles. The van der Waals surface area contributed by atoms with Crippen LogP contribution in [0.4, 0.5) is 17.1 Å². The second kappa shape index (κ2) is 17.4. The van der Waals surface area contributed by atoms with Gasteiger partial charge in [0.2, 0.25) is 0 Å². The van der Waals surface area contributed by atoms with Crippen molar-refractivity contribution in [1.82, 2.24) is 4.57 Å². The Kier molecular flexibility index (Phi) is 10.2. The highest BCUT2D eigenvalue weighted by Crippen LogP contribution is 2.42. The molecule has 0 spiro atoms. The maximum Gasteiger partial charge on any atom is 0.0547 e. The highest BCUT2D eigenvalue weighted by Gasteiger charge is 2.19. The molecular formula is C68H46N2. The normalized spacial score (nSPS) is 11.4. The van der Waals surface area contributed by atoms with Crippen LogP contribution >= 0.6 is 0 Å². The van der Waals surface area contributed by atoms with Crippen molar-refractivity contribution >= 4 is 60.4 Å². The molecule has 0 aliphatic carbocycles. The van der Waals surface area contributed by atoms with Crippen LogP contribution in [0.25, 0.3) is 105 Å². The van der Waals surface area contributed by atoms with E-state index in [9.17, 15) is 0 Å². The summed E-state index contributed by atoms with van der Waals surface area (Å²) < 4.78 is 2.48. The summed E-state index contributed by atoms with van der Waals surface area (Å²) in [5.41, 5.74) is 18.7. The molecule has 13 aromatic rings. The van der Waals surface area contributed by atoms with Gasteiger partial charge in [0.15, 0.2) is 0 Å². The van der Waals surface area contributed by atoms with E-state index in [1.54, 1.807) is 0 Å². The molecule has 0 bridgehead atoms. The summed E-state index contributed by atoms with van der Waals surface area (Å²) in [4.78, 5) is 2.37. The second-order valence-corrected chi connectivity index (χ2v) is 18.1. The molecule has 0 aliphatic rings. The number of benzene rings is 12. The minimum Gasteiger partial charge on any atom is -0.311 e.